The highest BCUT2D eigenvalue weighted by molar-refractivity contribution is 5.85. The minimum absolute atomic E-state index is 0. The first-order chi connectivity index (χ1) is 10.2. The second-order valence-corrected chi connectivity index (χ2v) is 6.40. The first-order valence-corrected chi connectivity index (χ1v) is 7.99. The Hall–Kier alpha value is -1.10. The van der Waals surface area contributed by atoms with Gasteiger partial charge < -0.3 is 10.6 Å². The Balaban J connectivity index is 0.00000176. The number of carbonyl (C=O) groups excluding carboxylic acids is 1. The molecule has 0 aromatic heterocycles. The lowest BCUT2D eigenvalue weighted by atomic mass is 9.93. The van der Waals surface area contributed by atoms with Crippen molar-refractivity contribution in [1.29, 1.82) is 0 Å². The Morgan fingerprint density at radius 3 is 2.86 bits per heavy atom. The smallest absolute Gasteiger partial charge is 0.234 e. The SMILES string of the molecule is Cc1ccc(CNC(=O)CN2CCC3NCCC3C2)cc1.Cl. The van der Waals surface area contributed by atoms with E-state index in [0.717, 1.165) is 31.1 Å². The van der Waals surface area contributed by atoms with Crippen molar-refractivity contribution in [2.75, 3.05) is 26.2 Å². The summed E-state index contributed by atoms with van der Waals surface area (Å²) < 4.78 is 0. The summed E-state index contributed by atoms with van der Waals surface area (Å²) in [5.74, 6) is 0.878. The van der Waals surface area contributed by atoms with Crippen molar-refractivity contribution in [3.63, 3.8) is 0 Å². The Morgan fingerprint density at radius 2 is 2.09 bits per heavy atom. The average Bonchev–Trinajstić information content (AvgIpc) is 2.94. The van der Waals surface area contributed by atoms with Crippen LogP contribution in [0.4, 0.5) is 0 Å². The van der Waals surface area contributed by atoms with Gasteiger partial charge in [0.25, 0.3) is 0 Å². The van der Waals surface area contributed by atoms with Gasteiger partial charge in [0.15, 0.2) is 0 Å². The highest BCUT2D eigenvalue weighted by Gasteiger charge is 2.32. The molecule has 2 fully saturated rings. The standard InChI is InChI=1S/C17H25N3O.ClH/c1-13-2-4-14(5-3-13)10-19-17(21)12-20-9-7-16-15(11-20)6-8-18-16;/h2-5,15-16,18H,6-12H2,1H3,(H,19,21);1H. The molecule has 0 bridgehead atoms. The molecule has 22 heavy (non-hydrogen) atoms. The third-order valence-corrected chi connectivity index (χ3v) is 4.72. The maximum Gasteiger partial charge on any atom is 0.234 e. The van der Waals surface area contributed by atoms with Gasteiger partial charge in [-0.2, -0.15) is 0 Å². The first kappa shape index (κ1) is 17.3. The van der Waals surface area contributed by atoms with Crippen LogP contribution in [0.2, 0.25) is 0 Å². The Morgan fingerprint density at radius 1 is 1.32 bits per heavy atom. The van der Waals surface area contributed by atoms with E-state index in [0.29, 0.717) is 19.1 Å². The molecule has 5 heteroatoms. The summed E-state index contributed by atoms with van der Waals surface area (Å²) in [7, 11) is 0. The number of rotatable bonds is 4. The van der Waals surface area contributed by atoms with E-state index in [1.165, 1.54) is 18.4 Å². The van der Waals surface area contributed by atoms with Crippen molar-refractivity contribution in [2.24, 2.45) is 5.92 Å². The molecule has 2 aliphatic heterocycles. The molecule has 0 radical (unpaired) electrons. The summed E-state index contributed by atoms with van der Waals surface area (Å²) in [6.07, 6.45) is 2.43. The molecular weight excluding hydrogens is 298 g/mol. The van der Waals surface area contributed by atoms with E-state index in [9.17, 15) is 4.79 Å². The minimum atomic E-state index is 0. The van der Waals surface area contributed by atoms with Gasteiger partial charge in [-0.05, 0) is 37.8 Å². The molecule has 3 rings (SSSR count). The van der Waals surface area contributed by atoms with Gasteiger partial charge in [-0.1, -0.05) is 29.8 Å². The van der Waals surface area contributed by atoms with E-state index in [1.54, 1.807) is 0 Å². The van der Waals surface area contributed by atoms with Gasteiger partial charge in [0.2, 0.25) is 5.91 Å². The van der Waals surface area contributed by atoms with Crippen LogP contribution < -0.4 is 10.6 Å². The maximum absolute atomic E-state index is 12.1. The molecule has 2 saturated heterocycles. The molecule has 1 aromatic rings. The zero-order valence-corrected chi connectivity index (χ0v) is 14.0. The van der Waals surface area contributed by atoms with Gasteiger partial charge in [0.1, 0.15) is 0 Å². The van der Waals surface area contributed by atoms with Gasteiger partial charge in [0, 0.05) is 25.7 Å². The maximum atomic E-state index is 12.1. The second kappa shape index (κ2) is 7.95. The van der Waals surface area contributed by atoms with Crippen molar-refractivity contribution in [2.45, 2.75) is 32.4 Å². The Bertz CT molecular complexity index is 491. The number of piperidine rings is 1. The molecule has 122 valence electrons. The van der Waals surface area contributed by atoms with Crippen molar-refractivity contribution >= 4 is 18.3 Å². The first-order valence-electron chi connectivity index (χ1n) is 7.99. The summed E-state index contributed by atoms with van der Waals surface area (Å²) in [6.45, 7) is 6.48. The van der Waals surface area contributed by atoms with Gasteiger partial charge in [-0.25, -0.2) is 0 Å². The van der Waals surface area contributed by atoms with Gasteiger partial charge in [-0.15, -0.1) is 12.4 Å². The molecule has 2 aliphatic rings. The van der Waals surface area contributed by atoms with Gasteiger partial charge in [-0.3, -0.25) is 9.69 Å². The predicted octanol–water partition coefficient (Wildman–Crippen LogP) is 1.72. The van der Waals surface area contributed by atoms with E-state index in [4.69, 9.17) is 0 Å². The van der Waals surface area contributed by atoms with Crippen LogP contribution in [0, 0.1) is 12.8 Å². The molecule has 2 unspecified atom stereocenters. The highest BCUT2D eigenvalue weighted by atomic mass is 35.5. The monoisotopic (exact) mass is 323 g/mol. The number of amides is 1. The van der Waals surface area contributed by atoms with E-state index in [-0.39, 0.29) is 18.3 Å². The number of fused-ring (bicyclic) bond motifs is 1. The molecule has 1 aromatic carbocycles. The van der Waals surface area contributed by atoms with E-state index in [1.807, 2.05) is 0 Å². The van der Waals surface area contributed by atoms with Gasteiger partial charge in [0.05, 0.1) is 6.54 Å². The van der Waals surface area contributed by atoms with Crippen LogP contribution >= 0.6 is 12.4 Å². The number of nitrogens with one attached hydrogen (secondary N) is 2. The normalized spacial score (nSPS) is 24.4. The molecule has 2 atom stereocenters. The third-order valence-electron chi connectivity index (χ3n) is 4.72. The molecule has 0 spiro atoms. The fraction of sp³-hybridized carbons (Fsp3) is 0.588. The number of nitrogens with zero attached hydrogens (tertiary/aromatic N) is 1. The molecule has 1 amide bonds. The lowest BCUT2D eigenvalue weighted by Gasteiger charge is -2.34. The molecule has 0 aliphatic carbocycles. The Kier molecular flexibility index (Phi) is 6.24. The van der Waals surface area contributed by atoms with Gasteiger partial charge >= 0.3 is 0 Å². The lowest BCUT2D eigenvalue weighted by molar-refractivity contribution is -0.122. The second-order valence-electron chi connectivity index (χ2n) is 6.40. The van der Waals surface area contributed by atoms with Crippen LogP contribution in [0.1, 0.15) is 24.0 Å². The van der Waals surface area contributed by atoms with E-state index in [2.05, 4.69) is 46.7 Å². The van der Waals surface area contributed by atoms with E-state index < -0.39 is 0 Å². The van der Waals surface area contributed by atoms with Crippen molar-refractivity contribution in [3.8, 4) is 0 Å². The summed E-state index contributed by atoms with van der Waals surface area (Å²) in [6, 6.07) is 9.01. The molecule has 4 nitrogen and oxygen atoms in total. The van der Waals surface area contributed by atoms with Crippen molar-refractivity contribution < 1.29 is 4.79 Å². The number of benzene rings is 1. The third kappa shape index (κ3) is 4.45. The van der Waals surface area contributed by atoms with Crippen LogP contribution in [0.15, 0.2) is 24.3 Å². The van der Waals surface area contributed by atoms with Crippen LogP contribution in [0.5, 0.6) is 0 Å². The number of hydrogen-bond donors (Lipinski definition) is 2. The quantitative estimate of drug-likeness (QED) is 0.887. The topological polar surface area (TPSA) is 44.4 Å². The number of aryl methyl sites for hydroxylation is 1. The van der Waals surface area contributed by atoms with Crippen molar-refractivity contribution in [1.82, 2.24) is 15.5 Å². The highest BCUT2D eigenvalue weighted by Crippen LogP contribution is 2.24. The molecule has 2 N–H and O–H groups in total. The molecule has 0 saturated carbocycles. The number of halogens is 1. The minimum Gasteiger partial charge on any atom is -0.351 e. The summed E-state index contributed by atoms with van der Waals surface area (Å²) >= 11 is 0. The van der Waals surface area contributed by atoms with Crippen LogP contribution in [0.25, 0.3) is 0 Å². The fourth-order valence-electron chi connectivity index (χ4n) is 3.43. The molecule has 2 heterocycles. The molecular formula is C17H26ClN3O. The zero-order chi connectivity index (χ0) is 14.7. The zero-order valence-electron chi connectivity index (χ0n) is 13.2. The van der Waals surface area contributed by atoms with Crippen LogP contribution in [-0.2, 0) is 11.3 Å². The summed E-state index contributed by atoms with van der Waals surface area (Å²) in [4.78, 5) is 14.4. The summed E-state index contributed by atoms with van der Waals surface area (Å²) in [5, 5.41) is 6.59. The predicted molar refractivity (Wildman–Crippen MR) is 91.2 cm³/mol. The van der Waals surface area contributed by atoms with Crippen molar-refractivity contribution in [3.05, 3.63) is 35.4 Å². The fourth-order valence-corrected chi connectivity index (χ4v) is 3.43. The van der Waals surface area contributed by atoms with E-state index >= 15 is 0 Å². The van der Waals surface area contributed by atoms with Crippen LogP contribution in [-0.4, -0.2) is 43.0 Å². The summed E-state index contributed by atoms with van der Waals surface area (Å²) in [5.41, 5.74) is 2.41. The van der Waals surface area contributed by atoms with Crippen LogP contribution in [0.3, 0.4) is 0 Å². The number of carbonyl (C=O) groups is 1. The Labute approximate surface area is 139 Å². The number of hydrogen-bond acceptors (Lipinski definition) is 3. The number of likely N-dealkylation sites (tertiary alicyclic amines) is 1. The average molecular weight is 324 g/mol. The lowest BCUT2D eigenvalue weighted by Crippen LogP contribution is -2.47. The largest absolute Gasteiger partial charge is 0.351 e.